The van der Waals surface area contributed by atoms with Crippen molar-refractivity contribution in [2.45, 2.75) is 13.5 Å². The van der Waals surface area contributed by atoms with Crippen LogP contribution in [-0.4, -0.2) is 16.1 Å². The number of aryl methyl sites for hydroxylation is 1. The fourth-order valence-corrected chi connectivity index (χ4v) is 2.27. The summed E-state index contributed by atoms with van der Waals surface area (Å²) < 4.78 is 10.3. The molecule has 23 heavy (non-hydrogen) atoms. The van der Waals surface area contributed by atoms with Gasteiger partial charge >= 0.3 is 5.97 Å². The Labute approximate surface area is 137 Å². The van der Waals surface area contributed by atoms with E-state index in [9.17, 15) is 4.79 Å². The van der Waals surface area contributed by atoms with Crippen LogP contribution in [0, 0.1) is 6.92 Å². The van der Waals surface area contributed by atoms with Crippen LogP contribution in [0.2, 0.25) is 5.02 Å². The molecule has 0 aliphatic carbocycles. The third-order valence-corrected chi connectivity index (χ3v) is 3.49. The molecule has 1 heterocycles. The number of carbonyl (C=O) groups excluding carboxylic acids is 1. The van der Waals surface area contributed by atoms with Crippen molar-refractivity contribution in [3.63, 3.8) is 0 Å². The first-order valence-corrected chi connectivity index (χ1v) is 7.32. The number of hydrogen-bond donors (Lipinski definition) is 0. The van der Waals surface area contributed by atoms with Crippen molar-refractivity contribution < 1.29 is 14.1 Å². The zero-order chi connectivity index (χ0) is 16.2. The number of rotatable bonds is 4. The Morgan fingerprint density at radius 2 is 2.04 bits per heavy atom. The van der Waals surface area contributed by atoms with E-state index in [1.807, 2.05) is 25.1 Å². The normalized spacial score (nSPS) is 10.5. The Balaban J connectivity index is 1.68. The zero-order valence-corrected chi connectivity index (χ0v) is 13.1. The fraction of sp³-hybridized carbons (Fsp3) is 0.118. The fourth-order valence-electron chi connectivity index (χ4n) is 2.05. The predicted molar refractivity (Wildman–Crippen MR) is 85.0 cm³/mol. The molecule has 0 saturated carbocycles. The van der Waals surface area contributed by atoms with Gasteiger partial charge in [0.25, 0.3) is 5.89 Å². The van der Waals surface area contributed by atoms with E-state index in [1.54, 1.807) is 30.3 Å². The first-order chi connectivity index (χ1) is 11.1. The van der Waals surface area contributed by atoms with Crippen LogP contribution in [0.1, 0.15) is 21.8 Å². The molecular formula is C17H13ClN2O3. The lowest BCUT2D eigenvalue weighted by Crippen LogP contribution is -2.05. The van der Waals surface area contributed by atoms with E-state index < -0.39 is 5.97 Å². The highest BCUT2D eigenvalue weighted by molar-refractivity contribution is 6.33. The minimum absolute atomic E-state index is 0.0930. The Morgan fingerprint density at radius 1 is 1.22 bits per heavy atom. The summed E-state index contributed by atoms with van der Waals surface area (Å²) in [6.07, 6.45) is 0. The number of nitrogens with zero attached hydrogens (tertiary/aromatic N) is 2. The maximum absolute atomic E-state index is 12.0. The van der Waals surface area contributed by atoms with E-state index in [2.05, 4.69) is 10.1 Å². The lowest BCUT2D eigenvalue weighted by molar-refractivity contribution is 0.0429. The van der Waals surface area contributed by atoms with Gasteiger partial charge in [0.2, 0.25) is 5.82 Å². The Bertz CT molecular complexity index is 845. The summed E-state index contributed by atoms with van der Waals surface area (Å²) >= 11 is 6.08. The van der Waals surface area contributed by atoms with Crippen molar-refractivity contribution in [1.82, 2.24) is 10.1 Å². The zero-order valence-electron chi connectivity index (χ0n) is 12.3. The molecule has 0 bridgehead atoms. The van der Waals surface area contributed by atoms with Gasteiger partial charge < -0.3 is 9.26 Å². The number of hydrogen-bond acceptors (Lipinski definition) is 5. The molecule has 0 amide bonds. The second-order valence-electron chi connectivity index (χ2n) is 4.94. The van der Waals surface area contributed by atoms with Gasteiger partial charge in [-0.1, -0.05) is 46.6 Å². The van der Waals surface area contributed by atoms with Crippen LogP contribution >= 0.6 is 11.6 Å². The summed E-state index contributed by atoms with van der Waals surface area (Å²) in [5.74, 6) is 0.129. The van der Waals surface area contributed by atoms with Crippen LogP contribution in [0.15, 0.2) is 53.1 Å². The SMILES string of the molecule is Cc1cccc(C(=O)OCc2nc(-c3ccccc3Cl)no2)c1. The lowest BCUT2D eigenvalue weighted by Gasteiger charge is -2.02. The third kappa shape index (κ3) is 3.57. The Hall–Kier alpha value is -2.66. The Kier molecular flexibility index (Phi) is 4.39. The van der Waals surface area contributed by atoms with Crippen molar-refractivity contribution in [2.75, 3.05) is 0 Å². The number of carbonyl (C=O) groups is 1. The van der Waals surface area contributed by atoms with Crippen molar-refractivity contribution in [2.24, 2.45) is 0 Å². The number of esters is 1. The van der Waals surface area contributed by atoms with E-state index in [4.69, 9.17) is 20.9 Å². The summed E-state index contributed by atoms with van der Waals surface area (Å²) in [5, 5.41) is 4.37. The van der Waals surface area contributed by atoms with Gasteiger partial charge in [-0.15, -0.1) is 0 Å². The van der Waals surface area contributed by atoms with Crippen molar-refractivity contribution in [3.05, 3.63) is 70.6 Å². The van der Waals surface area contributed by atoms with E-state index in [0.717, 1.165) is 5.56 Å². The predicted octanol–water partition coefficient (Wildman–Crippen LogP) is 4.06. The van der Waals surface area contributed by atoms with Gasteiger partial charge in [-0.25, -0.2) is 4.79 Å². The van der Waals surface area contributed by atoms with E-state index in [-0.39, 0.29) is 12.5 Å². The maximum atomic E-state index is 12.0. The number of aromatic nitrogens is 2. The van der Waals surface area contributed by atoms with Crippen LogP contribution in [-0.2, 0) is 11.3 Å². The second kappa shape index (κ2) is 6.62. The monoisotopic (exact) mass is 328 g/mol. The molecule has 0 aliphatic heterocycles. The molecule has 3 rings (SSSR count). The standard InChI is InChI=1S/C17H13ClN2O3/c1-11-5-4-6-12(9-11)17(21)22-10-15-19-16(20-23-15)13-7-2-3-8-14(13)18/h2-9H,10H2,1H3. The van der Waals surface area contributed by atoms with Crippen molar-refractivity contribution >= 4 is 17.6 Å². The first kappa shape index (κ1) is 15.2. The maximum Gasteiger partial charge on any atom is 0.338 e. The van der Waals surface area contributed by atoms with Crippen LogP contribution < -0.4 is 0 Å². The molecule has 2 aromatic carbocycles. The molecule has 0 aliphatic rings. The van der Waals surface area contributed by atoms with Gasteiger partial charge in [-0.3, -0.25) is 0 Å². The number of benzene rings is 2. The first-order valence-electron chi connectivity index (χ1n) is 6.95. The molecule has 0 radical (unpaired) electrons. The molecule has 0 atom stereocenters. The highest BCUT2D eigenvalue weighted by atomic mass is 35.5. The molecule has 1 aromatic heterocycles. The molecule has 0 saturated heterocycles. The highest BCUT2D eigenvalue weighted by Crippen LogP contribution is 2.24. The van der Waals surface area contributed by atoms with Gasteiger partial charge in [-0.2, -0.15) is 4.98 Å². The Morgan fingerprint density at radius 3 is 2.83 bits per heavy atom. The van der Waals surface area contributed by atoms with Crippen LogP contribution in [0.5, 0.6) is 0 Å². The smallest absolute Gasteiger partial charge is 0.338 e. The van der Waals surface area contributed by atoms with Crippen LogP contribution in [0.25, 0.3) is 11.4 Å². The summed E-state index contributed by atoms with van der Waals surface area (Å²) in [4.78, 5) is 16.2. The van der Waals surface area contributed by atoms with Gasteiger partial charge in [0.1, 0.15) is 0 Å². The highest BCUT2D eigenvalue weighted by Gasteiger charge is 2.14. The van der Waals surface area contributed by atoms with E-state index in [1.165, 1.54) is 0 Å². The molecule has 6 heteroatoms. The molecule has 0 unspecified atom stereocenters. The molecule has 0 spiro atoms. The average molecular weight is 329 g/mol. The summed E-state index contributed by atoms with van der Waals surface area (Å²) in [5.41, 5.74) is 2.13. The summed E-state index contributed by atoms with van der Waals surface area (Å²) in [6, 6.07) is 14.3. The summed E-state index contributed by atoms with van der Waals surface area (Å²) in [6.45, 7) is 1.81. The molecule has 3 aromatic rings. The molecule has 5 nitrogen and oxygen atoms in total. The quantitative estimate of drug-likeness (QED) is 0.676. The minimum Gasteiger partial charge on any atom is -0.452 e. The van der Waals surface area contributed by atoms with Gasteiger partial charge in [0.05, 0.1) is 10.6 Å². The molecule has 116 valence electrons. The average Bonchev–Trinajstić information content (AvgIpc) is 3.02. The van der Waals surface area contributed by atoms with Crippen molar-refractivity contribution in [1.29, 1.82) is 0 Å². The summed E-state index contributed by atoms with van der Waals surface area (Å²) in [7, 11) is 0. The van der Waals surface area contributed by atoms with Crippen LogP contribution in [0.3, 0.4) is 0 Å². The largest absolute Gasteiger partial charge is 0.452 e. The second-order valence-corrected chi connectivity index (χ2v) is 5.34. The van der Waals surface area contributed by atoms with Gasteiger partial charge in [0.15, 0.2) is 6.61 Å². The number of halogens is 1. The molecule has 0 N–H and O–H groups in total. The minimum atomic E-state index is -0.439. The third-order valence-electron chi connectivity index (χ3n) is 3.16. The van der Waals surface area contributed by atoms with Crippen molar-refractivity contribution in [3.8, 4) is 11.4 Å². The lowest BCUT2D eigenvalue weighted by atomic mass is 10.1. The van der Waals surface area contributed by atoms with Gasteiger partial charge in [-0.05, 0) is 31.2 Å². The number of ether oxygens (including phenoxy) is 1. The van der Waals surface area contributed by atoms with Gasteiger partial charge in [0, 0.05) is 5.56 Å². The molecule has 0 fully saturated rings. The topological polar surface area (TPSA) is 65.2 Å². The molecular weight excluding hydrogens is 316 g/mol. The van der Waals surface area contributed by atoms with E-state index >= 15 is 0 Å². The van der Waals surface area contributed by atoms with Crippen LogP contribution in [0.4, 0.5) is 0 Å². The van der Waals surface area contributed by atoms with E-state index in [0.29, 0.717) is 22.0 Å².